The van der Waals surface area contributed by atoms with Gasteiger partial charge in [0, 0.05) is 34.4 Å². The van der Waals surface area contributed by atoms with Crippen molar-refractivity contribution in [1.82, 2.24) is 0 Å². The molecule has 2 N–H and O–H groups in total. The molecule has 0 spiro atoms. The Kier molecular flexibility index (Phi) is 3.86. The second-order valence-corrected chi connectivity index (χ2v) is 5.72. The zero-order valence-electron chi connectivity index (χ0n) is 13.2. The maximum Gasteiger partial charge on any atom is 0.211 e. The fourth-order valence-electron chi connectivity index (χ4n) is 2.86. The summed E-state index contributed by atoms with van der Waals surface area (Å²) in [5.74, 6) is 0. The summed E-state index contributed by atoms with van der Waals surface area (Å²) in [6.07, 6.45) is 3.93. The van der Waals surface area contributed by atoms with Crippen LogP contribution in [0, 0.1) is 0 Å². The van der Waals surface area contributed by atoms with Gasteiger partial charge in [0.05, 0.1) is 0 Å². The molecule has 24 heavy (non-hydrogen) atoms. The molecule has 0 bridgehead atoms. The van der Waals surface area contributed by atoms with E-state index in [0.29, 0.717) is 0 Å². The first kappa shape index (κ1) is 14.3. The number of hydrogen-bond acceptors (Lipinski definition) is 0. The van der Waals surface area contributed by atoms with Crippen LogP contribution in [-0.2, 0) is 0 Å². The number of rotatable bonds is 0. The summed E-state index contributed by atoms with van der Waals surface area (Å²) in [6.45, 7) is 0. The second kappa shape index (κ2) is 6.47. The molecule has 2 heterocycles. The summed E-state index contributed by atoms with van der Waals surface area (Å²) < 4.78 is 0. The Labute approximate surface area is 140 Å². The van der Waals surface area contributed by atoms with Gasteiger partial charge in [-0.05, 0) is 29.7 Å². The molecule has 0 fully saturated rings. The maximum atomic E-state index is 3.41. The van der Waals surface area contributed by atoms with E-state index in [4.69, 9.17) is 0 Å². The molecule has 0 amide bonds. The second-order valence-electron chi connectivity index (χ2n) is 5.72. The van der Waals surface area contributed by atoms with Crippen molar-refractivity contribution in [1.29, 1.82) is 0 Å². The van der Waals surface area contributed by atoms with Gasteiger partial charge in [-0.3, -0.25) is 0 Å². The van der Waals surface area contributed by atoms with E-state index in [0.717, 1.165) is 0 Å². The largest absolute Gasteiger partial charge is 0.217 e. The van der Waals surface area contributed by atoms with E-state index in [9.17, 15) is 0 Å². The normalized spacial score (nSPS) is 10.5. The number of aromatic nitrogens is 2. The highest BCUT2D eigenvalue weighted by atomic mass is 14.7. The molecule has 2 nitrogen and oxygen atoms in total. The van der Waals surface area contributed by atoms with Crippen LogP contribution < -0.4 is 9.97 Å². The number of pyridine rings is 2. The molecule has 3 aromatic carbocycles. The van der Waals surface area contributed by atoms with Crippen LogP contribution in [0.25, 0.3) is 32.6 Å². The molecule has 0 aliphatic carbocycles. The van der Waals surface area contributed by atoms with Crippen molar-refractivity contribution >= 4 is 32.6 Å². The summed E-state index contributed by atoms with van der Waals surface area (Å²) in [7, 11) is 0. The minimum Gasteiger partial charge on any atom is -0.217 e. The van der Waals surface area contributed by atoms with E-state index in [2.05, 4.69) is 70.6 Å². The molecule has 0 aliphatic heterocycles. The van der Waals surface area contributed by atoms with E-state index < -0.39 is 0 Å². The van der Waals surface area contributed by atoms with Crippen LogP contribution >= 0.6 is 0 Å². The molecule has 0 radical (unpaired) electrons. The van der Waals surface area contributed by atoms with Crippen LogP contribution in [0.2, 0.25) is 0 Å². The number of benzene rings is 3. The Morgan fingerprint density at radius 3 is 1.67 bits per heavy atom. The Bertz CT molecular complexity index is 946. The fourth-order valence-corrected chi connectivity index (χ4v) is 2.86. The van der Waals surface area contributed by atoms with Gasteiger partial charge in [-0.25, -0.2) is 9.97 Å². The zero-order valence-corrected chi connectivity index (χ0v) is 13.2. The molecule has 5 aromatic rings. The molecule has 0 aliphatic rings. The third-order valence-corrected chi connectivity index (χ3v) is 4.10. The van der Waals surface area contributed by atoms with Crippen molar-refractivity contribution in [3.05, 3.63) is 97.3 Å². The first-order valence-electron chi connectivity index (χ1n) is 8.05. The van der Waals surface area contributed by atoms with Crippen LogP contribution in [-0.4, -0.2) is 0 Å². The van der Waals surface area contributed by atoms with Crippen molar-refractivity contribution in [2.75, 3.05) is 0 Å². The topological polar surface area (TPSA) is 28.3 Å². The molecule has 2 aromatic heterocycles. The smallest absolute Gasteiger partial charge is 0.211 e. The summed E-state index contributed by atoms with van der Waals surface area (Å²) in [5, 5.41) is 5.05. The predicted molar refractivity (Wildman–Crippen MR) is 98.5 cm³/mol. The van der Waals surface area contributed by atoms with E-state index in [1.54, 1.807) is 0 Å². The lowest BCUT2D eigenvalue weighted by Crippen LogP contribution is -2.04. The third kappa shape index (κ3) is 2.95. The standard InChI is InChI=1S/C13H9N.C9H7N/c1-3-7-12-10(5-1)9-11-6-2-4-8-13(11)14-12;1-2-4-9-7-10-6-5-8(9)3-1/h1-9H;1-7H/p+2. The first-order chi connectivity index (χ1) is 11.9. The lowest BCUT2D eigenvalue weighted by Gasteiger charge is -1.94. The quantitative estimate of drug-likeness (QED) is 0.378. The maximum absolute atomic E-state index is 3.41. The summed E-state index contributed by atoms with van der Waals surface area (Å²) in [5.41, 5.74) is 2.37. The van der Waals surface area contributed by atoms with Gasteiger partial charge in [0.25, 0.3) is 0 Å². The molecule has 5 rings (SSSR count). The lowest BCUT2D eigenvalue weighted by molar-refractivity contribution is -0.375. The third-order valence-electron chi connectivity index (χ3n) is 4.10. The minimum atomic E-state index is 1.19. The van der Waals surface area contributed by atoms with Crippen molar-refractivity contribution < 1.29 is 9.97 Å². The number of H-pyrrole nitrogens is 2. The summed E-state index contributed by atoms with van der Waals surface area (Å²) in [4.78, 5) is 6.44. The molecule has 114 valence electrons. The average molecular weight is 310 g/mol. The van der Waals surface area contributed by atoms with Gasteiger partial charge in [-0.15, -0.1) is 0 Å². The molecule has 0 atom stereocenters. The molecule has 2 heteroatoms. The van der Waals surface area contributed by atoms with Crippen molar-refractivity contribution in [3.63, 3.8) is 0 Å². The Hall–Kier alpha value is -3.26. The van der Waals surface area contributed by atoms with Gasteiger partial charge in [-0.2, -0.15) is 0 Å². The van der Waals surface area contributed by atoms with Gasteiger partial charge in [0.1, 0.15) is 0 Å². The van der Waals surface area contributed by atoms with Crippen molar-refractivity contribution in [3.8, 4) is 0 Å². The summed E-state index contributed by atoms with van der Waals surface area (Å²) in [6, 6.07) is 29.2. The highest BCUT2D eigenvalue weighted by molar-refractivity contribution is 5.88. The molecule has 0 saturated heterocycles. The number of hydrogen-bond donors (Lipinski definition) is 0. The highest BCUT2D eigenvalue weighted by Gasteiger charge is 2.03. The van der Waals surface area contributed by atoms with Gasteiger partial charge in [0.2, 0.25) is 11.0 Å². The number of nitrogens with one attached hydrogen (secondary N) is 2. The fraction of sp³-hybridized carbons (Fsp3) is 0. The van der Waals surface area contributed by atoms with Crippen molar-refractivity contribution in [2.45, 2.75) is 0 Å². The SMILES string of the molecule is c1ccc2[nH+]c3ccccc3cc2c1.c1ccc2c[nH+]ccc2c1. The van der Waals surface area contributed by atoms with Gasteiger partial charge in [0.15, 0.2) is 12.4 Å². The Morgan fingerprint density at radius 1 is 0.500 bits per heavy atom. The average Bonchev–Trinajstić information content (AvgIpc) is 2.67. The van der Waals surface area contributed by atoms with Crippen LogP contribution in [0.1, 0.15) is 0 Å². The van der Waals surface area contributed by atoms with Crippen LogP contribution in [0.15, 0.2) is 97.3 Å². The van der Waals surface area contributed by atoms with Crippen LogP contribution in [0.4, 0.5) is 0 Å². The number of aromatic amines is 2. The van der Waals surface area contributed by atoms with Crippen molar-refractivity contribution in [2.24, 2.45) is 0 Å². The van der Waals surface area contributed by atoms with E-state index in [1.165, 1.54) is 32.6 Å². The van der Waals surface area contributed by atoms with Gasteiger partial charge >= 0.3 is 0 Å². The highest BCUT2D eigenvalue weighted by Crippen LogP contribution is 2.15. The van der Waals surface area contributed by atoms with Crippen LogP contribution in [0.5, 0.6) is 0 Å². The molecular formula is C22H18N2+2. The predicted octanol–water partition coefficient (Wildman–Crippen LogP) is 4.46. The minimum absolute atomic E-state index is 1.19. The first-order valence-corrected chi connectivity index (χ1v) is 8.05. The van der Waals surface area contributed by atoms with E-state index >= 15 is 0 Å². The lowest BCUT2D eigenvalue weighted by atomic mass is 10.1. The zero-order chi connectivity index (χ0) is 16.2. The van der Waals surface area contributed by atoms with Gasteiger partial charge in [-0.1, -0.05) is 42.5 Å². The monoisotopic (exact) mass is 310 g/mol. The van der Waals surface area contributed by atoms with E-state index in [1.807, 2.05) is 36.7 Å². The molecular weight excluding hydrogens is 292 g/mol. The molecule has 0 unspecified atom stereocenters. The van der Waals surface area contributed by atoms with Gasteiger partial charge < -0.3 is 0 Å². The Morgan fingerprint density at radius 2 is 1.04 bits per heavy atom. The number of para-hydroxylation sites is 2. The number of fused-ring (bicyclic) bond motifs is 3. The van der Waals surface area contributed by atoms with E-state index in [-0.39, 0.29) is 0 Å². The Balaban J connectivity index is 0.000000129. The summed E-state index contributed by atoms with van der Waals surface area (Å²) >= 11 is 0. The molecule has 0 saturated carbocycles. The van der Waals surface area contributed by atoms with Crippen LogP contribution in [0.3, 0.4) is 0 Å².